The maximum Gasteiger partial charge on any atom is 0.208 e. The smallest absolute Gasteiger partial charge is 0.208 e. The van der Waals surface area contributed by atoms with Crippen molar-refractivity contribution >= 4 is 10.0 Å². The minimum Gasteiger partial charge on any atom is -0.215 e. The molecule has 0 bridgehead atoms. The maximum atomic E-state index is 10.9. The molecule has 0 spiro atoms. The van der Waals surface area contributed by atoms with Crippen LogP contribution in [0.3, 0.4) is 0 Å². The SMILES string of the molecule is CCCCCCC(C)(C)CCCNS(C)(=O)=O. The average molecular weight is 263 g/mol. The Kier molecular flexibility index (Phi) is 8.05. The molecule has 0 aromatic heterocycles. The van der Waals surface area contributed by atoms with Crippen molar-refractivity contribution in [2.45, 2.75) is 65.7 Å². The third kappa shape index (κ3) is 12.2. The first kappa shape index (κ1) is 16.9. The van der Waals surface area contributed by atoms with Crippen LogP contribution in [-0.2, 0) is 10.0 Å². The molecular weight excluding hydrogens is 234 g/mol. The van der Waals surface area contributed by atoms with Crippen molar-refractivity contribution < 1.29 is 8.42 Å². The molecule has 0 rings (SSSR count). The van der Waals surface area contributed by atoms with Crippen LogP contribution in [0.15, 0.2) is 0 Å². The average Bonchev–Trinajstić information content (AvgIpc) is 2.18. The second kappa shape index (κ2) is 8.09. The number of hydrogen-bond acceptors (Lipinski definition) is 2. The molecule has 0 atom stereocenters. The first-order valence-corrected chi connectivity index (χ1v) is 8.60. The van der Waals surface area contributed by atoms with Crippen LogP contribution >= 0.6 is 0 Å². The van der Waals surface area contributed by atoms with Gasteiger partial charge in [0.25, 0.3) is 0 Å². The van der Waals surface area contributed by atoms with Crippen LogP contribution in [0.25, 0.3) is 0 Å². The van der Waals surface area contributed by atoms with Gasteiger partial charge < -0.3 is 0 Å². The van der Waals surface area contributed by atoms with Gasteiger partial charge in [-0.15, -0.1) is 0 Å². The summed E-state index contributed by atoms with van der Waals surface area (Å²) in [6.07, 6.45) is 9.68. The molecule has 0 saturated heterocycles. The Labute approximate surface area is 107 Å². The van der Waals surface area contributed by atoms with Crippen LogP contribution in [0.4, 0.5) is 0 Å². The van der Waals surface area contributed by atoms with E-state index in [1.54, 1.807) is 0 Å². The number of hydrogen-bond donors (Lipinski definition) is 1. The molecule has 17 heavy (non-hydrogen) atoms. The van der Waals surface area contributed by atoms with E-state index in [9.17, 15) is 8.42 Å². The molecule has 1 N–H and O–H groups in total. The number of unbranched alkanes of at least 4 members (excludes halogenated alkanes) is 3. The Hall–Kier alpha value is -0.0900. The van der Waals surface area contributed by atoms with Crippen molar-refractivity contribution in [3.05, 3.63) is 0 Å². The summed E-state index contributed by atoms with van der Waals surface area (Å²) >= 11 is 0. The molecule has 0 heterocycles. The van der Waals surface area contributed by atoms with E-state index >= 15 is 0 Å². The van der Waals surface area contributed by atoms with Crippen molar-refractivity contribution in [1.29, 1.82) is 0 Å². The van der Waals surface area contributed by atoms with E-state index in [1.165, 1.54) is 38.4 Å². The van der Waals surface area contributed by atoms with E-state index < -0.39 is 10.0 Å². The number of sulfonamides is 1. The van der Waals surface area contributed by atoms with Crippen molar-refractivity contribution in [3.63, 3.8) is 0 Å². The largest absolute Gasteiger partial charge is 0.215 e. The summed E-state index contributed by atoms with van der Waals surface area (Å²) in [6.45, 7) is 7.35. The van der Waals surface area contributed by atoms with Crippen molar-refractivity contribution in [2.75, 3.05) is 12.8 Å². The van der Waals surface area contributed by atoms with Gasteiger partial charge in [0.15, 0.2) is 0 Å². The Balaban J connectivity index is 3.63. The molecule has 0 aromatic carbocycles. The lowest BCUT2D eigenvalue weighted by molar-refractivity contribution is 0.287. The van der Waals surface area contributed by atoms with E-state index in [2.05, 4.69) is 25.5 Å². The molecule has 4 heteroatoms. The molecule has 0 aliphatic rings. The summed E-state index contributed by atoms with van der Waals surface area (Å²) in [5, 5.41) is 0. The van der Waals surface area contributed by atoms with Crippen LogP contribution in [-0.4, -0.2) is 21.2 Å². The van der Waals surface area contributed by atoms with Crippen LogP contribution in [0.2, 0.25) is 0 Å². The fourth-order valence-corrected chi connectivity index (χ4v) is 2.49. The predicted octanol–water partition coefficient (Wildman–Crippen LogP) is 3.31. The highest BCUT2D eigenvalue weighted by Gasteiger charge is 2.16. The minimum atomic E-state index is -3.02. The van der Waals surface area contributed by atoms with Gasteiger partial charge in [-0.25, -0.2) is 13.1 Å². The normalized spacial score (nSPS) is 12.9. The van der Waals surface area contributed by atoms with E-state index in [1.807, 2.05) is 0 Å². The Morgan fingerprint density at radius 2 is 1.59 bits per heavy atom. The molecule has 0 amide bonds. The minimum absolute atomic E-state index is 0.340. The van der Waals surface area contributed by atoms with E-state index in [4.69, 9.17) is 0 Å². The fourth-order valence-electron chi connectivity index (χ4n) is 1.98. The van der Waals surface area contributed by atoms with Crippen LogP contribution in [0.1, 0.15) is 65.7 Å². The summed E-state index contributed by atoms with van der Waals surface area (Å²) in [7, 11) is -3.02. The van der Waals surface area contributed by atoms with Gasteiger partial charge in [0.05, 0.1) is 6.26 Å². The van der Waals surface area contributed by atoms with Gasteiger partial charge in [-0.1, -0.05) is 46.5 Å². The lowest BCUT2D eigenvalue weighted by Crippen LogP contribution is -2.24. The third-order valence-corrected chi connectivity index (χ3v) is 3.83. The highest BCUT2D eigenvalue weighted by atomic mass is 32.2. The van der Waals surface area contributed by atoms with Gasteiger partial charge in [-0.2, -0.15) is 0 Å². The Morgan fingerprint density at radius 3 is 2.12 bits per heavy atom. The fraction of sp³-hybridized carbons (Fsp3) is 1.00. The molecule has 0 aliphatic heterocycles. The number of rotatable bonds is 10. The second-order valence-electron chi connectivity index (χ2n) is 5.74. The maximum absolute atomic E-state index is 10.9. The zero-order chi connectivity index (χ0) is 13.4. The molecular formula is C13H29NO2S. The van der Waals surface area contributed by atoms with Gasteiger partial charge in [0.1, 0.15) is 0 Å². The van der Waals surface area contributed by atoms with Gasteiger partial charge >= 0.3 is 0 Å². The summed E-state index contributed by atoms with van der Waals surface area (Å²) in [6, 6.07) is 0. The molecule has 0 unspecified atom stereocenters. The quantitative estimate of drug-likeness (QED) is 0.615. The van der Waals surface area contributed by atoms with E-state index in [0.29, 0.717) is 12.0 Å². The van der Waals surface area contributed by atoms with E-state index in [0.717, 1.165) is 12.8 Å². The third-order valence-electron chi connectivity index (χ3n) is 3.10. The molecule has 3 nitrogen and oxygen atoms in total. The summed E-state index contributed by atoms with van der Waals surface area (Å²) < 4.78 is 24.3. The van der Waals surface area contributed by atoms with Crippen molar-refractivity contribution in [1.82, 2.24) is 4.72 Å². The van der Waals surface area contributed by atoms with Crippen molar-refractivity contribution in [2.24, 2.45) is 5.41 Å². The molecule has 0 fully saturated rings. The first-order chi connectivity index (χ1) is 7.77. The topological polar surface area (TPSA) is 46.2 Å². The summed E-state index contributed by atoms with van der Waals surface area (Å²) in [5.74, 6) is 0. The van der Waals surface area contributed by atoms with Crippen molar-refractivity contribution in [3.8, 4) is 0 Å². The summed E-state index contributed by atoms with van der Waals surface area (Å²) in [5.41, 5.74) is 0.340. The van der Waals surface area contributed by atoms with Gasteiger partial charge in [0, 0.05) is 6.54 Å². The molecule has 0 saturated carbocycles. The highest BCUT2D eigenvalue weighted by molar-refractivity contribution is 7.88. The van der Waals surface area contributed by atoms with Gasteiger partial charge in [0.2, 0.25) is 10.0 Å². The van der Waals surface area contributed by atoms with Gasteiger partial charge in [-0.05, 0) is 24.7 Å². The molecule has 0 aliphatic carbocycles. The zero-order valence-electron chi connectivity index (χ0n) is 11.9. The molecule has 0 aromatic rings. The second-order valence-corrected chi connectivity index (χ2v) is 7.58. The van der Waals surface area contributed by atoms with E-state index in [-0.39, 0.29) is 0 Å². The number of nitrogens with one attached hydrogen (secondary N) is 1. The van der Waals surface area contributed by atoms with Crippen LogP contribution in [0, 0.1) is 5.41 Å². The van der Waals surface area contributed by atoms with Crippen LogP contribution in [0.5, 0.6) is 0 Å². The Bertz CT molecular complexity index is 284. The monoisotopic (exact) mass is 263 g/mol. The standard InChI is InChI=1S/C13H29NO2S/c1-5-6-7-8-10-13(2,3)11-9-12-14-17(4,15)16/h14H,5-12H2,1-4H3. The first-order valence-electron chi connectivity index (χ1n) is 6.71. The zero-order valence-corrected chi connectivity index (χ0v) is 12.7. The lowest BCUT2D eigenvalue weighted by Gasteiger charge is -2.24. The van der Waals surface area contributed by atoms with Gasteiger partial charge in [-0.3, -0.25) is 0 Å². The van der Waals surface area contributed by atoms with Crippen LogP contribution < -0.4 is 4.72 Å². The Morgan fingerprint density at radius 1 is 1.00 bits per heavy atom. The molecule has 104 valence electrons. The highest BCUT2D eigenvalue weighted by Crippen LogP contribution is 2.29. The lowest BCUT2D eigenvalue weighted by atomic mass is 9.82. The predicted molar refractivity (Wildman–Crippen MR) is 74.6 cm³/mol. The summed E-state index contributed by atoms with van der Waals surface area (Å²) in [4.78, 5) is 0. The molecule has 0 radical (unpaired) electrons.